The van der Waals surface area contributed by atoms with Gasteiger partial charge in [0.05, 0.1) is 17.4 Å². The van der Waals surface area contributed by atoms with E-state index in [1.54, 1.807) is 6.07 Å². The summed E-state index contributed by atoms with van der Waals surface area (Å²) < 4.78 is 6.12. The van der Waals surface area contributed by atoms with Crippen LogP contribution in [-0.4, -0.2) is 29.6 Å². The molecule has 1 N–H and O–H groups in total. The first-order valence-electron chi connectivity index (χ1n) is 10.5. The molecule has 2 atom stereocenters. The van der Waals surface area contributed by atoms with Crippen molar-refractivity contribution in [3.05, 3.63) is 53.6 Å². The van der Waals surface area contributed by atoms with E-state index in [4.69, 9.17) is 4.74 Å². The number of anilines is 1. The summed E-state index contributed by atoms with van der Waals surface area (Å²) in [5.41, 5.74) is 2.67. The SMILES string of the molecule is C[C@@H](CCCc1ccccc1)Oc1cc(O)c2c(c1)N1CCCC[C@@H]1CC2=O. The van der Waals surface area contributed by atoms with E-state index in [9.17, 15) is 9.90 Å². The molecule has 4 nitrogen and oxygen atoms in total. The number of hydrogen-bond acceptors (Lipinski definition) is 4. The number of phenolic OH excluding ortho intramolecular Hbond substituents is 1. The second-order valence-electron chi connectivity index (χ2n) is 8.11. The Balaban J connectivity index is 1.44. The Kier molecular flexibility index (Phi) is 5.56. The Bertz CT molecular complexity index is 833. The van der Waals surface area contributed by atoms with Crippen molar-refractivity contribution < 1.29 is 14.6 Å². The van der Waals surface area contributed by atoms with Gasteiger partial charge in [0.1, 0.15) is 11.5 Å². The van der Waals surface area contributed by atoms with Crippen LogP contribution in [0.25, 0.3) is 0 Å². The fourth-order valence-electron chi connectivity index (χ4n) is 4.54. The number of rotatable bonds is 6. The molecule has 1 saturated heterocycles. The van der Waals surface area contributed by atoms with Crippen LogP contribution in [0.1, 0.15) is 61.4 Å². The number of carbonyl (C=O) groups excluding carboxylic acids is 1. The molecule has 28 heavy (non-hydrogen) atoms. The van der Waals surface area contributed by atoms with Crippen LogP contribution >= 0.6 is 0 Å². The van der Waals surface area contributed by atoms with Crippen molar-refractivity contribution in [2.24, 2.45) is 0 Å². The predicted octanol–water partition coefficient (Wildman–Crippen LogP) is 5.13. The second kappa shape index (κ2) is 8.26. The molecule has 2 aliphatic rings. The molecule has 4 rings (SSSR count). The molecule has 0 aliphatic carbocycles. The van der Waals surface area contributed by atoms with Gasteiger partial charge in [0.25, 0.3) is 0 Å². The van der Waals surface area contributed by atoms with Gasteiger partial charge in [-0.05, 0) is 51.0 Å². The fourth-order valence-corrected chi connectivity index (χ4v) is 4.54. The summed E-state index contributed by atoms with van der Waals surface area (Å²) in [6.07, 6.45) is 6.94. The van der Waals surface area contributed by atoms with Crippen LogP contribution in [0.15, 0.2) is 42.5 Å². The van der Waals surface area contributed by atoms with Crippen molar-refractivity contribution >= 4 is 11.5 Å². The maximum Gasteiger partial charge on any atom is 0.170 e. The van der Waals surface area contributed by atoms with E-state index in [2.05, 4.69) is 36.1 Å². The van der Waals surface area contributed by atoms with E-state index in [0.717, 1.165) is 44.3 Å². The number of nitrogens with zero attached hydrogens (tertiary/aromatic N) is 1. The van der Waals surface area contributed by atoms with Gasteiger partial charge in [-0.25, -0.2) is 0 Å². The molecular weight excluding hydrogens is 350 g/mol. The summed E-state index contributed by atoms with van der Waals surface area (Å²) in [5.74, 6) is 0.763. The Morgan fingerprint density at radius 3 is 2.86 bits per heavy atom. The molecule has 148 valence electrons. The number of benzene rings is 2. The molecule has 4 heteroatoms. The highest BCUT2D eigenvalue weighted by Gasteiger charge is 2.35. The first-order valence-corrected chi connectivity index (χ1v) is 10.5. The number of piperidine rings is 1. The number of hydrogen-bond donors (Lipinski definition) is 1. The van der Waals surface area contributed by atoms with Gasteiger partial charge in [-0.15, -0.1) is 0 Å². The van der Waals surface area contributed by atoms with E-state index in [1.165, 1.54) is 12.0 Å². The highest BCUT2D eigenvalue weighted by molar-refractivity contribution is 6.06. The lowest BCUT2D eigenvalue weighted by atomic mass is 9.88. The number of aromatic hydroxyl groups is 1. The third kappa shape index (κ3) is 4.01. The molecule has 0 aromatic heterocycles. The van der Waals surface area contributed by atoms with Crippen LogP contribution in [0.3, 0.4) is 0 Å². The molecule has 0 saturated carbocycles. The molecule has 2 aliphatic heterocycles. The van der Waals surface area contributed by atoms with Crippen LogP contribution < -0.4 is 9.64 Å². The van der Waals surface area contributed by atoms with Gasteiger partial charge in [-0.1, -0.05) is 30.3 Å². The number of Topliss-reactive ketones (excluding diaryl/α,β-unsaturated/α-hetero) is 1. The van der Waals surface area contributed by atoms with Crippen LogP contribution in [0, 0.1) is 0 Å². The number of ketones is 1. The lowest BCUT2D eigenvalue weighted by Crippen LogP contribution is -2.44. The Morgan fingerprint density at radius 2 is 2.04 bits per heavy atom. The van der Waals surface area contributed by atoms with Gasteiger partial charge >= 0.3 is 0 Å². The van der Waals surface area contributed by atoms with Crippen LogP contribution in [0.4, 0.5) is 5.69 Å². The Labute approximate surface area is 167 Å². The minimum atomic E-state index is 0.0533. The predicted molar refractivity (Wildman–Crippen MR) is 112 cm³/mol. The molecule has 2 heterocycles. The molecule has 0 radical (unpaired) electrons. The zero-order chi connectivity index (χ0) is 19.5. The smallest absolute Gasteiger partial charge is 0.170 e. The van der Waals surface area contributed by atoms with E-state index in [1.807, 2.05) is 12.1 Å². The van der Waals surface area contributed by atoms with Gasteiger partial charge in [0, 0.05) is 31.1 Å². The topological polar surface area (TPSA) is 49.8 Å². The first kappa shape index (κ1) is 18.9. The van der Waals surface area contributed by atoms with Gasteiger partial charge < -0.3 is 14.7 Å². The summed E-state index contributed by atoms with van der Waals surface area (Å²) in [5, 5.41) is 10.5. The number of ether oxygens (including phenoxy) is 1. The maximum absolute atomic E-state index is 12.5. The second-order valence-corrected chi connectivity index (χ2v) is 8.11. The first-order chi connectivity index (χ1) is 13.6. The highest BCUT2D eigenvalue weighted by Crippen LogP contribution is 2.42. The highest BCUT2D eigenvalue weighted by atomic mass is 16.5. The molecule has 0 spiro atoms. The van der Waals surface area contributed by atoms with E-state index in [0.29, 0.717) is 17.7 Å². The van der Waals surface area contributed by atoms with Crippen molar-refractivity contribution in [1.82, 2.24) is 0 Å². The van der Waals surface area contributed by atoms with Crippen LogP contribution in [0.5, 0.6) is 11.5 Å². The van der Waals surface area contributed by atoms with Crippen molar-refractivity contribution in [1.29, 1.82) is 0 Å². The Hall–Kier alpha value is -2.49. The molecule has 2 aromatic rings. The number of fused-ring (bicyclic) bond motifs is 3. The lowest BCUT2D eigenvalue weighted by molar-refractivity contribution is 0.0958. The van der Waals surface area contributed by atoms with Crippen molar-refractivity contribution in [2.45, 2.75) is 64.0 Å². The molecule has 0 amide bonds. The Morgan fingerprint density at radius 1 is 1.21 bits per heavy atom. The van der Waals surface area contributed by atoms with E-state index in [-0.39, 0.29) is 23.7 Å². The average molecular weight is 380 g/mol. The monoisotopic (exact) mass is 379 g/mol. The third-order valence-electron chi connectivity index (χ3n) is 5.96. The zero-order valence-corrected chi connectivity index (χ0v) is 16.6. The van der Waals surface area contributed by atoms with E-state index < -0.39 is 0 Å². The van der Waals surface area contributed by atoms with E-state index >= 15 is 0 Å². The average Bonchev–Trinajstić information content (AvgIpc) is 2.68. The summed E-state index contributed by atoms with van der Waals surface area (Å²) in [7, 11) is 0. The number of phenols is 1. The zero-order valence-electron chi connectivity index (χ0n) is 16.6. The molecular formula is C24H29NO3. The van der Waals surface area contributed by atoms with Gasteiger partial charge in [0.15, 0.2) is 5.78 Å². The van der Waals surface area contributed by atoms with Gasteiger partial charge in [-0.2, -0.15) is 0 Å². The summed E-state index contributed by atoms with van der Waals surface area (Å²) in [6, 6.07) is 14.3. The van der Waals surface area contributed by atoms with Gasteiger partial charge in [0.2, 0.25) is 0 Å². The minimum Gasteiger partial charge on any atom is -0.507 e. The standard InChI is InChI=1S/C24H29NO3/c1-17(8-7-11-18-9-3-2-4-10-18)28-20-15-21-24(23(27)16-20)22(26)14-19-12-5-6-13-25(19)21/h2-4,9-10,15-17,19,27H,5-8,11-14H2,1H3/t17-,19+/m0/s1. The minimum absolute atomic E-state index is 0.0533. The molecule has 2 aromatic carbocycles. The number of carbonyl (C=O) groups is 1. The molecule has 1 fully saturated rings. The maximum atomic E-state index is 12.5. The fraction of sp³-hybridized carbons (Fsp3) is 0.458. The summed E-state index contributed by atoms with van der Waals surface area (Å²) in [6.45, 7) is 3.01. The molecule has 0 unspecified atom stereocenters. The number of aryl methyl sites for hydroxylation is 1. The normalized spacial score (nSPS) is 19.7. The van der Waals surface area contributed by atoms with Crippen molar-refractivity contribution in [3.63, 3.8) is 0 Å². The van der Waals surface area contributed by atoms with Crippen molar-refractivity contribution in [3.8, 4) is 11.5 Å². The van der Waals surface area contributed by atoms with Crippen LogP contribution in [0.2, 0.25) is 0 Å². The van der Waals surface area contributed by atoms with Crippen LogP contribution in [-0.2, 0) is 6.42 Å². The summed E-state index contributed by atoms with van der Waals surface area (Å²) >= 11 is 0. The van der Waals surface area contributed by atoms with Crippen molar-refractivity contribution in [2.75, 3.05) is 11.4 Å². The largest absolute Gasteiger partial charge is 0.507 e. The third-order valence-corrected chi connectivity index (χ3v) is 5.96. The van der Waals surface area contributed by atoms with Gasteiger partial charge in [-0.3, -0.25) is 4.79 Å². The lowest BCUT2D eigenvalue weighted by Gasteiger charge is -2.41. The molecule has 0 bridgehead atoms. The summed E-state index contributed by atoms with van der Waals surface area (Å²) in [4.78, 5) is 14.8. The quantitative estimate of drug-likeness (QED) is 0.756.